The molecular weight excluding hydrogens is 396 g/mol. The molecule has 164 valence electrons. The van der Waals surface area contributed by atoms with Crippen LogP contribution in [0.2, 0.25) is 0 Å². The minimum Gasteiger partial charge on any atom is -0.467 e. The molecule has 2 amide bonds. The number of nitrogens with one attached hydrogen (secondary N) is 1. The molecule has 1 unspecified atom stereocenters. The standard InChI is InChI=1S/C24H28N2O5/c1-3-20(21(27)30-2)26(16-18-10-6-4-7-11-18)22(28)24(14-15-24)25-23(29)31-17-19-12-8-5-9-13-19/h4-13,20H,3,14-17H2,1-2H3,(H,25,29). The van der Waals surface area contributed by atoms with Gasteiger partial charge in [0.25, 0.3) is 0 Å². The molecule has 1 N–H and O–H groups in total. The molecule has 0 aromatic heterocycles. The van der Waals surface area contributed by atoms with Gasteiger partial charge in [0.05, 0.1) is 7.11 Å². The van der Waals surface area contributed by atoms with Crippen molar-refractivity contribution < 1.29 is 23.9 Å². The molecule has 7 nitrogen and oxygen atoms in total. The van der Waals surface area contributed by atoms with E-state index in [0.717, 1.165) is 11.1 Å². The second-order valence-corrected chi connectivity index (χ2v) is 7.63. The Morgan fingerprint density at radius 2 is 1.58 bits per heavy atom. The van der Waals surface area contributed by atoms with Crippen molar-refractivity contribution in [2.75, 3.05) is 7.11 Å². The van der Waals surface area contributed by atoms with Crippen molar-refractivity contribution in [3.8, 4) is 0 Å². The van der Waals surface area contributed by atoms with Crippen molar-refractivity contribution in [1.82, 2.24) is 10.2 Å². The number of carbonyl (C=O) groups excluding carboxylic acids is 3. The highest BCUT2D eigenvalue weighted by Crippen LogP contribution is 2.38. The van der Waals surface area contributed by atoms with Gasteiger partial charge in [0, 0.05) is 6.54 Å². The van der Waals surface area contributed by atoms with Gasteiger partial charge >= 0.3 is 12.1 Å². The number of methoxy groups -OCH3 is 1. The third-order valence-corrected chi connectivity index (χ3v) is 5.41. The van der Waals surface area contributed by atoms with E-state index < -0.39 is 23.6 Å². The SMILES string of the molecule is CCC(C(=O)OC)N(Cc1ccccc1)C(=O)C1(NC(=O)OCc2ccccc2)CC1. The maximum atomic E-state index is 13.5. The van der Waals surface area contributed by atoms with Gasteiger partial charge in [0.2, 0.25) is 5.91 Å². The smallest absolute Gasteiger partial charge is 0.408 e. The summed E-state index contributed by atoms with van der Waals surface area (Å²) in [5.41, 5.74) is 0.696. The zero-order valence-electron chi connectivity index (χ0n) is 17.9. The first kappa shape index (κ1) is 22.3. The molecule has 1 atom stereocenters. The monoisotopic (exact) mass is 424 g/mol. The average Bonchev–Trinajstić information content (AvgIpc) is 3.58. The van der Waals surface area contributed by atoms with Crippen LogP contribution < -0.4 is 5.32 Å². The van der Waals surface area contributed by atoms with Crippen molar-refractivity contribution >= 4 is 18.0 Å². The molecule has 2 aromatic rings. The van der Waals surface area contributed by atoms with Crippen LogP contribution in [-0.4, -0.2) is 41.6 Å². The molecule has 3 rings (SSSR count). The number of amides is 2. The first-order valence-electron chi connectivity index (χ1n) is 10.4. The van der Waals surface area contributed by atoms with E-state index in [9.17, 15) is 14.4 Å². The van der Waals surface area contributed by atoms with E-state index in [1.54, 1.807) is 0 Å². The summed E-state index contributed by atoms with van der Waals surface area (Å²) in [5, 5.41) is 2.74. The maximum Gasteiger partial charge on any atom is 0.408 e. The normalized spacial score (nSPS) is 14.8. The van der Waals surface area contributed by atoms with E-state index in [1.807, 2.05) is 67.6 Å². The lowest BCUT2D eigenvalue weighted by Crippen LogP contribution is -2.55. The lowest BCUT2D eigenvalue weighted by Gasteiger charge is -2.33. The Labute approximate surface area is 182 Å². The average molecular weight is 424 g/mol. The molecule has 0 radical (unpaired) electrons. The van der Waals surface area contributed by atoms with Crippen LogP contribution in [0.15, 0.2) is 60.7 Å². The predicted octanol–water partition coefficient (Wildman–Crippen LogP) is 3.43. The molecule has 1 aliphatic carbocycles. The number of carbonyl (C=O) groups is 3. The van der Waals surface area contributed by atoms with Gasteiger partial charge in [-0.2, -0.15) is 0 Å². The fraction of sp³-hybridized carbons (Fsp3) is 0.375. The lowest BCUT2D eigenvalue weighted by molar-refractivity contribution is -0.154. The Kier molecular flexibility index (Phi) is 7.28. The summed E-state index contributed by atoms with van der Waals surface area (Å²) in [6, 6.07) is 18.0. The summed E-state index contributed by atoms with van der Waals surface area (Å²) < 4.78 is 10.2. The Morgan fingerprint density at radius 1 is 1.00 bits per heavy atom. The molecule has 2 aromatic carbocycles. The Balaban J connectivity index is 1.72. The summed E-state index contributed by atoms with van der Waals surface area (Å²) in [6.45, 7) is 2.19. The van der Waals surface area contributed by atoms with Gasteiger partial charge in [-0.25, -0.2) is 9.59 Å². The third-order valence-electron chi connectivity index (χ3n) is 5.41. The van der Waals surface area contributed by atoms with Gasteiger partial charge in [-0.15, -0.1) is 0 Å². The Hall–Kier alpha value is -3.35. The highest BCUT2D eigenvalue weighted by atomic mass is 16.5. The van der Waals surface area contributed by atoms with Gasteiger partial charge in [-0.3, -0.25) is 4.79 Å². The second-order valence-electron chi connectivity index (χ2n) is 7.63. The molecule has 0 bridgehead atoms. The molecular formula is C24H28N2O5. The van der Waals surface area contributed by atoms with Crippen LogP contribution in [0, 0.1) is 0 Å². The highest BCUT2D eigenvalue weighted by Gasteiger charge is 2.54. The number of rotatable bonds is 9. The van der Waals surface area contributed by atoms with E-state index in [2.05, 4.69) is 5.32 Å². The summed E-state index contributed by atoms with van der Waals surface area (Å²) >= 11 is 0. The Morgan fingerprint density at radius 3 is 2.10 bits per heavy atom. The third kappa shape index (κ3) is 5.63. The number of hydrogen-bond donors (Lipinski definition) is 1. The first-order chi connectivity index (χ1) is 15.0. The maximum absolute atomic E-state index is 13.5. The van der Waals surface area contributed by atoms with Gasteiger partial charge < -0.3 is 19.7 Å². The molecule has 0 saturated heterocycles. The van der Waals surface area contributed by atoms with Crippen molar-refractivity contribution in [1.29, 1.82) is 0 Å². The van der Waals surface area contributed by atoms with Gasteiger partial charge in [-0.1, -0.05) is 67.6 Å². The van der Waals surface area contributed by atoms with E-state index in [4.69, 9.17) is 9.47 Å². The van der Waals surface area contributed by atoms with E-state index in [0.29, 0.717) is 19.3 Å². The molecule has 0 spiro atoms. The van der Waals surface area contributed by atoms with Crippen LogP contribution in [0.4, 0.5) is 4.79 Å². The van der Waals surface area contributed by atoms with E-state index >= 15 is 0 Å². The van der Waals surface area contributed by atoms with Gasteiger partial charge in [0.1, 0.15) is 18.2 Å². The first-order valence-corrected chi connectivity index (χ1v) is 10.4. The highest BCUT2D eigenvalue weighted by molar-refractivity contribution is 5.95. The second kappa shape index (κ2) is 10.1. The van der Waals surface area contributed by atoms with Crippen LogP contribution in [0.5, 0.6) is 0 Å². The van der Waals surface area contributed by atoms with Crippen molar-refractivity contribution in [2.24, 2.45) is 0 Å². The van der Waals surface area contributed by atoms with Crippen LogP contribution >= 0.6 is 0 Å². The quantitative estimate of drug-likeness (QED) is 0.624. The zero-order chi connectivity index (χ0) is 22.3. The van der Waals surface area contributed by atoms with Crippen molar-refractivity contribution in [3.05, 3.63) is 71.8 Å². The lowest BCUT2D eigenvalue weighted by atomic mass is 10.1. The molecule has 1 fully saturated rings. The number of esters is 1. The largest absolute Gasteiger partial charge is 0.467 e. The number of nitrogens with zero attached hydrogens (tertiary/aromatic N) is 1. The molecule has 1 saturated carbocycles. The van der Waals surface area contributed by atoms with Gasteiger partial charge in [-0.05, 0) is 30.4 Å². The topological polar surface area (TPSA) is 84.9 Å². The van der Waals surface area contributed by atoms with Crippen molar-refractivity contribution in [2.45, 2.75) is 50.9 Å². The molecule has 1 aliphatic rings. The Bertz CT molecular complexity index is 897. The number of benzene rings is 2. The molecule has 7 heteroatoms. The van der Waals surface area contributed by atoms with Crippen LogP contribution in [-0.2, 0) is 32.2 Å². The number of ether oxygens (including phenoxy) is 2. The molecule has 31 heavy (non-hydrogen) atoms. The molecule has 0 heterocycles. The van der Waals surface area contributed by atoms with Crippen LogP contribution in [0.3, 0.4) is 0 Å². The van der Waals surface area contributed by atoms with Crippen molar-refractivity contribution in [3.63, 3.8) is 0 Å². The summed E-state index contributed by atoms with van der Waals surface area (Å²) in [7, 11) is 1.31. The fourth-order valence-electron chi connectivity index (χ4n) is 3.50. The zero-order valence-corrected chi connectivity index (χ0v) is 17.9. The fourth-order valence-corrected chi connectivity index (χ4v) is 3.50. The predicted molar refractivity (Wildman–Crippen MR) is 115 cm³/mol. The minimum atomic E-state index is -1.05. The van der Waals surface area contributed by atoms with E-state index in [-0.39, 0.29) is 19.1 Å². The summed E-state index contributed by atoms with van der Waals surface area (Å²) in [4.78, 5) is 39.8. The molecule has 0 aliphatic heterocycles. The van der Waals surface area contributed by atoms with Crippen LogP contribution in [0.1, 0.15) is 37.3 Å². The van der Waals surface area contributed by atoms with Crippen LogP contribution in [0.25, 0.3) is 0 Å². The van der Waals surface area contributed by atoms with Gasteiger partial charge in [0.15, 0.2) is 0 Å². The minimum absolute atomic E-state index is 0.115. The number of alkyl carbamates (subject to hydrolysis) is 1. The summed E-state index contributed by atoms with van der Waals surface area (Å²) in [6.07, 6.45) is 0.741. The number of hydrogen-bond acceptors (Lipinski definition) is 5. The van der Waals surface area contributed by atoms with E-state index in [1.165, 1.54) is 12.0 Å². The summed E-state index contributed by atoms with van der Waals surface area (Å²) in [5.74, 6) is -0.778.